The van der Waals surface area contributed by atoms with Crippen LogP contribution in [0.3, 0.4) is 0 Å². The molecule has 0 bridgehead atoms. The van der Waals surface area contributed by atoms with Crippen LogP contribution < -0.4 is 10.6 Å². The quantitative estimate of drug-likeness (QED) is 0.254. The molecule has 216 valence electrons. The molecule has 1 fully saturated rings. The molecular weight excluding hydrogens is 530 g/mol. The minimum atomic E-state index is -0.984. The maximum Gasteiger partial charge on any atom is 0.329 e. The third kappa shape index (κ3) is 5.34. The number of pyridine rings is 1. The smallest absolute Gasteiger partial charge is 0.329 e. The molecule has 5 nitrogen and oxygen atoms in total. The molecule has 3 N–H and O–H groups in total. The molecular formula is C35H42ClN3O2. The summed E-state index contributed by atoms with van der Waals surface area (Å²) >= 11 is 6.22. The highest BCUT2D eigenvalue weighted by atomic mass is 35.5. The maximum absolute atomic E-state index is 12.7. The van der Waals surface area contributed by atoms with Crippen molar-refractivity contribution in [2.45, 2.75) is 88.5 Å². The third-order valence-electron chi connectivity index (χ3n) is 10.4. The predicted octanol–water partition coefficient (Wildman–Crippen LogP) is 8.23. The average molecular weight is 572 g/mol. The highest BCUT2D eigenvalue weighted by Gasteiger charge is 2.54. The Bertz CT molecular complexity index is 1410. The number of hydrogen-bond acceptors (Lipinski definition) is 4. The Balaban J connectivity index is 1.19. The zero-order valence-electron chi connectivity index (χ0n) is 24.3. The minimum Gasteiger partial charge on any atom is -0.480 e. The predicted molar refractivity (Wildman–Crippen MR) is 167 cm³/mol. The zero-order chi connectivity index (χ0) is 28.6. The van der Waals surface area contributed by atoms with Crippen molar-refractivity contribution in [2.24, 2.45) is 11.8 Å². The summed E-state index contributed by atoms with van der Waals surface area (Å²) < 4.78 is 0. The number of carboxylic acid groups (broad SMARTS) is 1. The summed E-state index contributed by atoms with van der Waals surface area (Å²) in [6.45, 7) is 5.63. The number of nitrogens with one attached hydrogen (secondary N) is 2. The summed E-state index contributed by atoms with van der Waals surface area (Å²) in [5, 5.41) is 18.2. The highest BCUT2D eigenvalue weighted by molar-refractivity contribution is 6.30. The van der Waals surface area contributed by atoms with Gasteiger partial charge in [0.15, 0.2) is 0 Å². The lowest BCUT2D eigenvalue weighted by Crippen LogP contribution is -2.53. The number of halogens is 1. The number of nitrogens with zero attached hydrogens (tertiary/aromatic N) is 1. The summed E-state index contributed by atoms with van der Waals surface area (Å²) in [5.74, 6) is 0.766. The molecule has 1 unspecified atom stereocenters. The van der Waals surface area contributed by atoms with Gasteiger partial charge in [-0.1, -0.05) is 55.8 Å². The number of carboxylic acids is 1. The fraction of sp³-hybridized carbons (Fsp3) is 0.486. The van der Waals surface area contributed by atoms with Crippen molar-refractivity contribution in [3.8, 4) is 0 Å². The van der Waals surface area contributed by atoms with Gasteiger partial charge >= 0.3 is 5.97 Å². The molecule has 1 aromatic heterocycles. The Morgan fingerprint density at radius 1 is 1.12 bits per heavy atom. The molecule has 0 amide bonds. The topological polar surface area (TPSA) is 74.2 Å². The first-order valence-corrected chi connectivity index (χ1v) is 15.7. The fourth-order valence-electron chi connectivity index (χ4n) is 8.20. The molecule has 3 aliphatic carbocycles. The first kappa shape index (κ1) is 28.1. The van der Waals surface area contributed by atoms with E-state index in [9.17, 15) is 9.90 Å². The minimum absolute atomic E-state index is 0.0180. The van der Waals surface area contributed by atoms with E-state index in [-0.39, 0.29) is 5.41 Å². The largest absolute Gasteiger partial charge is 0.480 e. The van der Waals surface area contributed by atoms with Gasteiger partial charge in [0.2, 0.25) is 0 Å². The van der Waals surface area contributed by atoms with Gasteiger partial charge in [0.05, 0.1) is 0 Å². The van der Waals surface area contributed by atoms with Gasteiger partial charge in [-0.15, -0.1) is 0 Å². The number of benzene rings is 2. The van der Waals surface area contributed by atoms with Crippen molar-refractivity contribution in [1.29, 1.82) is 0 Å². The number of hydrogen-bond donors (Lipinski definition) is 3. The summed E-state index contributed by atoms with van der Waals surface area (Å²) in [7, 11) is 0. The molecule has 3 aliphatic rings. The normalized spacial score (nSPS) is 27.6. The van der Waals surface area contributed by atoms with Gasteiger partial charge in [-0.2, -0.15) is 0 Å². The monoisotopic (exact) mass is 571 g/mol. The van der Waals surface area contributed by atoms with Crippen LogP contribution in [0.1, 0.15) is 87.1 Å². The molecule has 0 radical (unpaired) electrons. The van der Waals surface area contributed by atoms with Gasteiger partial charge in [-0.05, 0) is 122 Å². The summed E-state index contributed by atoms with van der Waals surface area (Å²) in [4.78, 5) is 17.4. The molecule has 6 rings (SSSR count). The third-order valence-corrected chi connectivity index (χ3v) is 10.6. The van der Waals surface area contributed by atoms with Crippen molar-refractivity contribution in [3.63, 3.8) is 0 Å². The van der Waals surface area contributed by atoms with Crippen molar-refractivity contribution in [1.82, 2.24) is 4.98 Å². The Kier molecular flexibility index (Phi) is 7.76. The zero-order valence-corrected chi connectivity index (χ0v) is 25.0. The maximum atomic E-state index is 12.7. The van der Waals surface area contributed by atoms with E-state index in [1.807, 2.05) is 30.5 Å². The number of anilines is 2. The second-order valence-electron chi connectivity index (χ2n) is 13.0. The first-order chi connectivity index (χ1) is 19.8. The number of aliphatic carboxylic acids is 1. The van der Waals surface area contributed by atoms with E-state index in [0.29, 0.717) is 35.6 Å². The summed E-state index contributed by atoms with van der Waals surface area (Å²) in [6, 6.07) is 18.5. The van der Waals surface area contributed by atoms with Crippen molar-refractivity contribution >= 4 is 28.9 Å². The van der Waals surface area contributed by atoms with Crippen LogP contribution in [0, 0.1) is 11.8 Å². The Morgan fingerprint density at radius 3 is 2.71 bits per heavy atom. The molecule has 1 saturated carbocycles. The van der Waals surface area contributed by atoms with Crippen LogP contribution in [0.4, 0.5) is 11.4 Å². The highest BCUT2D eigenvalue weighted by Crippen LogP contribution is 2.56. The summed E-state index contributed by atoms with van der Waals surface area (Å²) in [5.41, 5.74) is 6.64. The van der Waals surface area contributed by atoms with E-state index in [1.54, 1.807) is 0 Å². The van der Waals surface area contributed by atoms with E-state index < -0.39 is 11.5 Å². The Morgan fingerprint density at radius 2 is 1.93 bits per heavy atom. The number of fused-ring (bicyclic) bond motifs is 3. The van der Waals surface area contributed by atoms with E-state index in [2.05, 4.69) is 59.8 Å². The van der Waals surface area contributed by atoms with Crippen LogP contribution in [-0.4, -0.2) is 28.1 Å². The number of rotatable bonds is 8. The van der Waals surface area contributed by atoms with Gasteiger partial charge in [-0.3, -0.25) is 4.98 Å². The van der Waals surface area contributed by atoms with Gasteiger partial charge < -0.3 is 15.7 Å². The van der Waals surface area contributed by atoms with Crippen LogP contribution in [0.25, 0.3) is 0 Å². The van der Waals surface area contributed by atoms with E-state index in [4.69, 9.17) is 11.6 Å². The Labute approximate surface area is 249 Å². The molecule has 0 aliphatic heterocycles. The number of aryl methyl sites for hydroxylation is 1. The second-order valence-corrected chi connectivity index (χ2v) is 13.4. The molecule has 3 atom stereocenters. The van der Waals surface area contributed by atoms with E-state index in [0.717, 1.165) is 44.3 Å². The average Bonchev–Trinajstić information content (AvgIpc) is 3.25. The Hall–Kier alpha value is -3.05. The molecule has 6 heteroatoms. The standard InChI is InChI=1S/C35H42ClN3O2/c1-23(22-38-31-13-18-37-30-12-5-7-24(2)32(30)31)19-26-20-25-8-3-4-11-29(25)34(26)14-16-35(17-15-34,33(40)41)39-28-10-6-9-27(36)21-28/h3-4,6,8-11,13,18,21,23-24,26,39H,5,7,12,14-17,19-20,22H2,1-2H3,(H,37,38)(H,40,41)/t23-,24?,26+,34?,35?/m1/s1. The lowest BCUT2D eigenvalue weighted by atomic mass is 9.59. The van der Waals surface area contributed by atoms with Gasteiger partial charge in [-0.25, -0.2) is 4.79 Å². The number of aromatic nitrogens is 1. The molecule has 41 heavy (non-hydrogen) atoms. The van der Waals surface area contributed by atoms with Crippen LogP contribution >= 0.6 is 11.6 Å². The number of carbonyl (C=O) groups is 1. The molecule has 0 saturated heterocycles. The van der Waals surface area contributed by atoms with E-state index in [1.165, 1.54) is 40.9 Å². The van der Waals surface area contributed by atoms with Gasteiger partial charge in [0, 0.05) is 34.8 Å². The van der Waals surface area contributed by atoms with E-state index >= 15 is 0 Å². The van der Waals surface area contributed by atoms with Crippen LogP contribution in [0.5, 0.6) is 0 Å². The fourth-order valence-corrected chi connectivity index (χ4v) is 8.39. The lowest BCUT2D eigenvalue weighted by molar-refractivity contribution is -0.144. The molecule has 2 aromatic carbocycles. The first-order valence-electron chi connectivity index (χ1n) is 15.4. The van der Waals surface area contributed by atoms with Gasteiger partial charge in [0.1, 0.15) is 5.54 Å². The summed E-state index contributed by atoms with van der Waals surface area (Å²) in [6.07, 6.45) is 10.6. The van der Waals surface area contributed by atoms with Crippen molar-refractivity contribution < 1.29 is 9.90 Å². The van der Waals surface area contributed by atoms with Gasteiger partial charge in [0.25, 0.3) is 0 Å². The van der Waals surface area contributed by atoms with Crippen LogP contribution in [0.15, 0.2) is 60.8 Å². The van der Waals surface area contributed by atoms with Crippen molar-refractivity contribution in [3.05, 3.63) is 88.2 Å². The molecule has 1 heterocycles. The SMILES string of the molecule is CC1CCCc2nccc(NC[C@H](C)C[C@H]3Cc4ccccc4C34CCC(Nc3cccc(Cl)c3)(C(=O)O)CC4)c21. The van der Waals surface area contributed by atoms with Crippen LogP contribution in [-0.2, 0) is 23.1 Å². The lowest BCUT2D eigenvalue weighted by Gasteiger charge is -2.47. The van der Waals surface area contributed by atoms with Crippen LogP contribution in [0.2, 0.25) is 5.02 Å². The van der Waals surface area contributed by atoms with Crippen molar-refractivity contribution in [2.75, 3.05) is 17.2 Å². The molecule has 1 spiro atoms. The second kappa shape index (κ2) is 11.3. The molecule has 3 aromatic rings.